The summed E-state index contributed by atoms with van der Waals surface area (Å²) in [5, 5.41) is 8.94. The van der Waals surface area contributed by atoms with Gasteiger partial charge in [-0.1, -0.05) is 0 Å². The third-order valence-electron chi connectivity index (χ3n) is 3.52. The molecule has 0 radical (unpaired) electrons. The van der Waals surface area contributed by atoms with Crippen LogP contribution < -0.4 is 4.72 Å². The monoisotopic (exact) mass is 331 g/mol. The van der Waals surface area contributed by atoms with Crippen molar-refractivity contribution in [3.63, 3.8) is 0 Å². The van der Waals surface area contributed by atoms with Gasteiger partial charge in [0.25, 0.3) is 0 Å². The zero-order chi connectivity index (χ0) is 16.5. The van der Waals surface area contributed by atoms with Gasteiger partial charge < -0.3 is 9.84 Å². The lowest BCUT2D eigenvalue weighted by Gasteiger charge is -2.35. The number of carboxylic acids is 1. The fourth-order valence-electron chi connectivity index (χ4n) is 2.40. The Morgan fingerprint density at radius 1 is 1.45 bits per heavy atom. The van der Waals surface area contributed by atoms with Crippen molar-refractivity contribution in [2.75, 3.05) is 6.61 Å². The summed E-state index contributed by atoms with van der Waals surface area (Å²) in [5.74, 6) is -2.75. The largest absolute Gasteiger partial charge is 0.478 e. The van der Waals surface area contributed by atoms with Gasteiger partial charge in [-0.25, -0.2) is 22.3 Å². The summed E-state index contributed by atoms with van der Waals surface area (Å²) in [5.41, 5.74) is -0.291. The van der Waals surface area contributed by atoms with Crippen LogP contribution in [0.4, 0.5) is 4.39 Å². The number of ether oxygens (including phenoxy) is 1. The molecule has 0 aromatic heterocycles. The van der Waals surface area contributed by atoms with Crippen LogP contribution in [0.3, 0.4) is 0 Å². The Balaban J connectivity index is 2.22. The normalized spacial score (nSPS) is 21.4. The highest BCUT2D eigenvalue weighted by atomic mass is 32.2. The minimum Gasteiger partial charge on any atom is -0.478 e. The van der Waals surface area contributed by atoms with E-state index in [1.54, 1.807) is 0 Å². The molecular formula is C14H18FNO5S. The van der Waals surface area contributed by atoms with Crippen molar-refractivity contribution in [2.45, 2.75) is 43.7 Å². The molecule has 0 amide bonds. The molecule has 1 aromatic carbocycles. The first kappa shape index (κ1) is 16.9. The first-order valence-corrected chi connectivity index (χ1v) is 8.40. The Morgan fingerprint density at radius 3 is 2.64 bits per heavy atom. The van der Waals surface area contributed by atoms with Gasteiger partial charge in [0.05, 0.1) is 11.7 Å². The second kappa shape index (κ2) is 6.31. The minimum atomic E-state index is -4.11. The number of hydrogen-bond donors (Lipinski definition) is 2. The number of hydrogen-bond acceptors (Lipinski definition) is 4. The lowest BCUT2D eigenvalue weighted by Crippen LogP contribution is -2.47. The van der Waals surface area contributed by atoms with Crippen molar-refractivity contribution in [3.8, 4) is 0 Å². The predicted octanol–water partition coefficient (Wildman–Crippen LogP) is 1.68. The third kappa shape index (κ3) is 3.45. The van der Waals surface area contributed by atoms with Crippen molar-refractivity contribution in [3.05, 3.63) is 29.1 Å². The van der Waals surface area contributed by atoms with Crippen LogP contribution in [-0.4, -0.2) is 38.2 Å². The van der Waals surface area contributed by atoms with Crippen molar-refractivity contribution in [2.24, 2.45) is 0 Å². The minimum absolute atomic E-state index is 0.00892. The number of benzene rings is 1. The maximum atomic E-state index is 14.1. The fraction of sp³-hybridized carbons (Fsp3) is 0.500. The first-order chi connectivity index (χ1) is 10.2. The average Bonchev–Trinajstić information content (AvgIpc) is 2.38. The lowest BCUT2D eigenvalue weighted by atomic mass is 9.90. The molecule has 1 saturated carbocycles. The maximum Gasteiger partial charge on any atom is 0.338 e. The van der Waals surface area contributed by atoms with Crippen LogP contribution in [0.15, 0.2) is 17.0 Å². The number of halogens is 1. The van der Waals surface area contributed by atoms with E-state index in [1.807, 2.05) is 6.92 Å². The molecule has 0 aliphatic heterocycles. The summed E-state index contributed by atoms with van der Waals surface area (Å²) >= 11 is 0. The second-order valence-electron chi connectivity index (χ2n) is 5.30. The molecule has 2 rings (SSSR count). The van der Waals surface area contributed by atoms with Crippen LogP contribution in [0.1, 0.15) is 35.7 Å². The molecule has 0 unspecified atom stereocenters. The zero-order valence-corrected chi connectivity index (χ0v) is 13.1. The van der Waals surface area contributed by atoms with E-state index in [1.165, 1.54) is 6.92 Å². The third-order valence-corrected chi connectivity index (χ3v) is 5.04. The van der Waals surface area contributed by atoms with Gasteiger partial charge in [0, 0.05) is 12.6 Å². The number of carbonyl (C=O) groups is 1. The Labute approximate surface area is 128 Å². The van der Waals surface area contributed by atoms with Crippen molar-refractivity contribution < 1.29 is 27.4 Å². The summed E-state index contributed by atoms with van der Waals surface area (Å²) < 4.78 is 46.4. The van der Waals surface area contributed by atoms with Crippen LogP contribution in [-0.2, 0) is 14.8 Å². The zero-order valence-electron chi connectivity index (χ0n) is 12.3. The van der Waals surface area contributed by atoms with E-state index in [-0.39, 0.29) is 12.1 Å². The van der Waals surface area contributed by atoms with Gasteiger partial charge in [0.1, 0.15) is 4.90 Å². The molecule has 0 saturated heterocycles. The molecule has 0 atom stereocenters. The fourth-order valence-corrected chi connectivity index (χ4v) is 3.85. The van der Waals surface area contributed by atoms with E-state index >= 15 is 0 Å². The van der Waals surface area contributed by atoms with Crippen LogP contribution in [0.5, 0.6) is 0 Å². The molecule has 2 N–H and O–H groups in total. The van der Waals surface area contributed by atoms with Gasteiger partial charge in [0.2, 0.25) is 10.0 Å². The van der Waals surface area contributed by atoms with Crippen molar-refractivity contribution in [1.82, 2.24) is 4.72 Å². The van der Waals surface area contributed by atoms with Crippen LogP contribution in [0.2, 0.25) is 0 Å². The van der Waals surface area contributed by atoms with E-state index in [0.29, 0.717) is 25.0 Å². The van der Waals surface area contributed by atoms with Crippen molar-refractivity contribution >= 4 is 16.0 Å². The first-order valence-electron chi connectivity index (χ1n) is 6.92. The quantitative estimate of drug-likeness (QED) is 0.827. The smallest absolute Gasteiger partial charge is 0.338 e. The summed E-state index contributed by atoms with van der Waals surface area (Å²) in [6.07, 6.45) is 1.05. The molecule has 1 aliphatic rings. The van der Waals surface area contributed by atoms with Crippen LogP contribution in [0.25, 0.3) is 0 Å². The molecule has 0 heterocycles. The number of aromatic carboxylic acids is 1. The molecule has 6 nitrogen and oxygen atoms in total. The Kier molecular flexibility index (Phi) is 4.84. The van der Waals surface area contributed by atoms with E-state index in [4.69, 9.17) is 9.84 Å². The molecule has 8 heteroatoms. The van der Waals surface area contributed by atoms with E-state index in [9.17, 15) is 17.6 Å². The van der Waals surface area contributed by atoms with Gasteiger partial charge in [-0.2, -0.15) is 0 Å². The number of sulfonamides is 1. The summed E-state index contributed by atoms with van der Waals surface area (Å²) in [6, 6.07) is 1.91. The molecular weight excluding hydrogens is 313 g/mol. The van der Waals surface area contributed by atoms with Gasteiger partial charge in [-0.15, -0.1) is 0 Å². The highest BCUT2D eigenvalue weighted by molar-refractivity contribution is 7.89. The highest BCUT2D eigenvalue weighted by Crippen LogP contribution is 2.27. The molecule has 0 spiro atoms. The van der Waals surface area contributed by atoms with Gasteiger partial charge >= 0.3 is 5.97 Å². The molecule has 1 aliphatic carbocycles. The van der Waals surface area contributed by atoms with E-state index in [2.05, 4.69) is 4.72 Å². The number of aryl methyl sites for hydroxylation is 1. The summed E-state index contributed by atoms with van der Waals surface area (Å²) in [4.78, 5) is 10.4. The van der Waals surface area contributed by atoms with Gasteiger partial charge in [-0.05, 0) is 44.4 Å². The molecule has 0 bridgehead atoms. The number of nitrogens with one attached hydrogen (secondary N) is 1. The molecule has 122 valence electrons. The molecule has 1 fully saturated rings. The maximum absolute atomic E-state index is 14.1. The summed E-state index contributed by atoms with van der Waals surface area (Å²) in [7, 11) is -4.11. The Hall–Kier alpha value is -1.51. The molecule has 22 heavy (non-hydrogen) atoms. The second-order valence-corrected chi connectivity index (χ2v) is 6.98. The van der Waals surface area contributed by atoms with E-state index < -0.39 is 32.3 Å². The predicted molar refractivity (Wildman–Crippen MR) is 76.9 cm³/mol. The molecule has 1 aromatic rings. The van der Waals surface area contributed by atoms with Crippen LogP contribution in [0, 0.1) is 12.7 Å². The van der Waals surface area contributed by atoms with E-state index in [0.717, 1.165) is 12.1 Å². The lowest BCUT2D eigenvalue weighted by molar-refractivity contribution is -0.00476. The highest BCUT2D eigenvalue weighted by Gasteiger charge is 2.34. The van der Waals surface area contributed by atoms with Gasteiger partial charge in [-0.3, -0.25) is 0 Å². The topological polar surface area (TPSA) is 92.7 Å². The standard InChI is InChI=1S/C14H18FNO5S/c1-3-21-10-6-9(7-10)16-22(19,20)12-5-8(2)4-11(13(12)15)14(17)18/h4-5,9-10,16H,3,6-7H2,1-2H3,(H,17,18). The average molecular weight is 331 g/mol. The van der Waals surface area contributed by atoms with Crippen molar-refractivity contribution in [1.29, 1.82) is 0 Å². The Bertz CT molecular complexity index is 683. The Morgan fingerprint density at radius 2 is 2.09 bits per heavy atom. The van der Waals surface area contributed by atoms with Crippen LogP contribution >= 0.6 is 0 Å². The van der Waals surface area contributed by atoms with Gasteiger partial charge in [0.15, 0.2) is 5.82 Å². The number of rotatable bonds is 6. The SMILES string of the molecule is CCOC1CC(NS(=O)(=O)c2cc(C)cc(C(=O)O)c2F)C1. The summed E-state index contributed by atoms with van der Waals surface area (Å²) in [6.45, 7) is 3.92. The number of carboxylic acid groups (broad SMARTS) is 1.